The van der Waals surface area contributed by atoms with Crippen LogP contribution >= 0.6 is 0 Å². The lowest BCUT2D eigenvalue weighted by atomic mass is 9.89. The fourth-order valence-electron chi connectivity index (χ4n) is 9.74. The largest absolute Gasteiger partial charge is 0.0654 e. The van der Waals surface area contributed by atoms with Crippen molar-refractivity contribution >= 4 is 0 Å². The Morgan fingerprint density at radius 2 is 0.237 bits per heavy atom. The first-order chi connectivity index (χ1) is 29.2. The molecule has 358 valence electrons. The van der Waals surface area contributed by atoms with Crippen molar-refractivity contribution in [2.45, 2.75) is 369 Å². The van der Waals surface area contributed by atoms with Crippen LogP contribution in [0.25, 0.3) is 0 Å². The normalized spacial score (nSPS) is 12.1. The van der Waals surface area contributed by atoms with E-state index in [-0.39, 0.29) is 0 Å². The Balaban J connectivity index is 0. The molecule has 0 heterocycles. The van der Waals surface area contributed by atoms with E-state index >= 15 is 0 Å². The van der Waals surface area contributed by atoms with Crippen molar-refractivity contribution in [2.24, 2.45) is 11.8 Å². The van der Waals surface area contributed by atoms with E-state index in [4.69, 9.17) is 0 Å². The van der Waals surface area contributed by atoms with Crippen molar-refractivity contribution in [3.63, 3.8) is 0 Å². The van der Waals surface area contributed by atoms with Gasteiger partial charge in [-0.15, -0.1) is 0 Å². The highest BCUT2D eigenvalue weighted by atomic mass is 14.2. The molecule has 0 aromatic heterocycles. The van der Waals surface area contributed by atoms with E-state index in [1.165, 1.54) is 327 Å². The molecule has 0 aliphatic rings. The van der Waals surface area contributed by atoms with E-state index in [2.05, 4.69) is 41.5 Å². The lowest BCUT2D eigenvalue weighted by molar-refractivity contribution is 0.365. The summed E-state index contributed by atoms with van der Waals surface area (Å²) in [5.74, 6) is 2.09. The summed E-state index contributed by atoms with van der Waals surface area (Å²) in [6, 6.07) is 0. The molecule has 59 heavy (non-hydrogen) atoms. The van der Waals surface area contributed by atoms with Crippen LogP contribution in [-0.4, -0.2) is 0 Å². The summed E-state index contributed by atoms with van der Waals surface area (Å²) in [6.45, 7) is 13.9. The molecule has 0 aliphatic carbocycles. The molecule has 0 rings (SSSR count). The molecule has 0 heteroatoms. The molecule has 0 nitrogen and oxygen atoms in total. The predicted octanol–water partition coefficient (Wildman–Crippen LogP) is 23.2. The van der Waals surface area contributed by atoms with Crippen LogP contribution in [0, 0.1) is 11.8 Å². The Labute approximate surface area is 379 Å². The number of rotatable bonds is 51. The second-order valence-corrected chi connectivity index (χ2v) is 20.3. The fraction of sp³-hybridized carbons (Fsp3) is 1.00. The van der Waals surface area contributed by atoms with Crippen molar-refractivity contribution in [3.8, 4) is 0 Å². The molecular formula is C59H122. The van der Waals surface area contributed by atoms with Gasteiger partial charge < -0.3 is 0 Å². The zero-order chi connectivity index (χ0) is 43.2. The summed E-state index contributed by atoms with van der Waals surface area (Å²) >= 11 is 0. The maximum atomic E-state index is 2.32. The Kier molecular flexibility index (Phi) is 60.1. The van der Waals surface area contributed by atoms with Gasteiger partial charge in [-0.3, -0.25) is 0 Å². The first-order valence-electron chi connectivity index (χ1n) is 29.2. The van der Waals surface area contributed by atoms with Crippen LogP contribution in [-0.2, 0) is 0 Å². The molecule has 0 bridgehead atoms. The average molecular weight is 832 g/mol. The van der Waals surface area contributed by atoms with Crippen LogP contribution in [0.4, 0.5) is 0 Å². The van der Waals surface area contributed by atoms with Crippen LogP contribution in [0.3, 0.4) is 0 Å². The van der Waals surface area contributed by atoms with Gasteiger partial charge in [0.25, 0.3) is 0 Å². The number of hydrogen-bond donors (Lipinski definition) is 0. The minimum atomic E-state index is 1.04. The summed E-state index contributed by atoms with van der Waals surface area (Å²) in [6.07, 6.45) is 75.2. The summed E-state index contributed by atoms with van der Waals surface area (Å²) in [4.78, 5) is 0. The molecule has 0 aromatic carbocycles. The third kappa shape index (κ3) is 56.0. The van der Waals surface area contributed by atoms with Gasteiger partial charge in [0, 0.05) is 0 Å². The molecule has 0 fully saturated rings. The lowest BCUT2D eigenvalue weighted by Gasteiger charge is -2.17. The minimum Gasteiger partial charge on any atom is -0.0654 e. The van der Waals surface area contributed by atoms with Crippen molar-refractivity contribution < 1.29 is 0 Å². The monoisotopic (exact) mass is 831 g/mol. The Morgan fingerprint density at radius 1 is 0.136 bits per heavy atom. The zero-order valence-corrected chi connectivity index (χ0v) is 43.2. The van der Waals surface area contributed by atoms with Gasteiger partial charge in [-0.2, -0.15) is 0 Å². The van der Waals surface area contributed by atoms with Crippen LogP contribution < -0.4 is 0 Å². The summed E-state index contributed by atoms with van der Waals surface area (Å²) < 4.78 is 0. The zero-order valence-electron chi connectivity index (χ0n) is 43.2. The van der Waals surface area contributed by atoms with Gasteiger partial charge in [0.15, 0.2) is 0 Å². The first-order valence-corrected chi connectivity index (χ1v) is 29.2. The average Bonchev–Trinajstić information content (AvgIpc) is 3.25. The Morgan fingerprint density at radius 3 is 0.356 bits per heavy atom. The summed E-state index contributed by atoms with van der Waals surface area (Å²) in [5.41, 5.74) is 0. The van der Waals surface area contributed by atoms with Crippen molar-refractivity contribution in [3.05, 3.63) is 0 Å². The van der Waals surface area contributed by atoms with Crippen molar-refractivity contribution in [2.75, 3.05) is 0 Å². The summed E-state index contributed by atoms with van der Waals surface area (Å²) in [5, 5.41) is 0. The third-order valence-corrected chi connectivity index (χ3v) is 14.0. The van der Waals surface area contributed by atoms with Gasteiger partial charge in [0.2, 0.25) is 0 Å². The van der Waals surface area contributed by atoms with Crippen LogP contribution in [0.15, 0.2) is 0 Å². The quantitative estimate of drug-likeness (QED) is 0.0536. The molecular weight excluding hydrogens is 709 g/mol. The Hall–Kier alpha value is 0. The SMILES string of the molecule is CCCCCCCCCCC(CCCCCCCC)CCCCCCCCCC.CCCCCCCCCCCC(CCCCCCCC)CCCCCCCCCC. The van der Waals surface area contributed by atoms with E-state index in [0.717, 1.165) is 11.8 Å². The van der Waals surface area contributed by atoms with E-state index < -0.39 is 0 Å². The summed E-state index contributed by atoms with van der Waals surface area (Å²) in [7, 11) is 0. The first kappa shape index (κ1) is 61.1. The van der Waals surface area contributed by atoms with Gasteiger partial charge in [-0.25, -0.2) is 0 Å². The minimum absolute atomic E-state index is 1.04. The van der Waals surface area contributed by atoms with E-state index in [0.29, 0.717) is 0 Å². The second-order valence-electron chi connectivity index (χ2n) is 20.3. The molecule has 0 spiro atoms. The van der Waals surface area contributed by atoms with Crippen LogP contribution in [0.2, 0.25) is 0 Å². The maximum absolute atomic E-state index is 2.32. The van der Waals surface area contributed by atoms with E-state index in [1.54, 1.807) is 0 Å². The molecule has 1 atom stereocenters. The predicted molar refractivity (Wildman–Crippen MR) is 276 cm³/mol. The molecule has 1 unspecified atom stereocenters. The molecule has 0 saturated carbocycles. The van der Waals surface area contributed by atoms with Gasteiger partial charge in [0.05, 0.1) is 0 Å². The highest BCUT2D eigenvalue weighted by molar-refractivity contribution is 4.64. The van der Waals surface area contributed by atoms with Crippen molar-refractivity contribution in [1.29, 1.82) is 0 Å². The van der Waals surface area contributed by atoms with Gasteiger partial charge in [-0.05, 0) is 11.8 Å². The van der Waals surface area contributed by atoms with Crippen LogP contribution in [0.5, 0.6) is 0 Å². The van der Waals surface area contributed by atoms with Gasteiger partial charge >= 0.3 is 0 Å². The lowest BCUT2D eigenvalue weighted by Crippen LogP contribution is -2.01. The highest BCUT2D eigenvalue weighted by Gasteiger charge is 2.10. The van der Waals surface area contributed by atoms with Gasteiger partial charge in [0.1, 0.15) is 0 Å². The number of unbranched alkanes of at least 4 members (excludes halogenated alkanes) is 39. The molecule has 0 radical (unpaired) electrons. The maximum Gasteiger partial charge on any atom is -0.0414 e. The van der Waals surface area contributed by atoms with Crippen LogP contribution in [0.1, 0.15) is 369 Å². The van der Waals surface area contributed by atoms with E-state index in [9.17, 15) is 0 Å². The van der Waals surface area contributed by atoms with E-state index in [1.807, 2.05) is 0 Å². The number of hydrogen-bond acceptors (Lipinski definition) is 0. The molecule has 0 saturated heterocycles. The Bertz CT molecular complexity index is 645. The molecule has 0 aromatic rings. The van der Waals surface area contributed by atoms with Crippen molar-refractivity contribution in [1.82, 2.24) is 0 Å². The smallest absolute Gasteiger partial charge is 0.0414 e. The highest BCUT2D eigenvalue weighted by Crippen LogP contribution is 2.26. The molecule has 0 N–H and O–H groups in total. The second kappa shape index (κ2) is 58.0. The molecule has 0 aliphatic heterocycles. The fourth-order valence-corrected chi connectivity index (χ4v) is 9.74. The third-order valence-electron chi connectivity index (χ3n) is 14.0. The standard InChI is InChI=1S/C30H62.C29H60/c1-4-7-10-13-16-18-20-23-26-29-30(27-24-21-15-12-9-6-3)28-25-22-19-17-14-11-8-5-2;1-4-7-10-13-16-18-21-24-27-29(26-23-20-15-12-9-6-3)28-25-22-19-17-14-11-8-5-2/h30H,4-29H2,1-3H3;29H,4-28H2,1-3H3. The molecule has 0 amide bonds. The van der Waals surface area contributed by atoms with Gasteiger partial charge in [-0.1, -0.05) is 369 Å². The topological polar surface area (TPSA) is 0 Å².